The van der Waals surface area contributed by atoms with Gasteiger partial charge in [0, 0.05) is 6.04 Å². The van der Waals surface area contributed by atoms with Gasteiger partial charge in [0.1, 0.15) is 5.54 Å². The Morgan fingerprint density at radius 1 is 1.40 bits per heavy atom. The lowest BCUT2D eigenvalue weighted by Crippen LogP contribution is -2.49. The van der Waals surface area contributed by atoms with Crippen molar-refractivity contribution in [2.45, 2.75) is 50.6 Å². The van der Waals surface area contributed by atoms with Crippen LogP contribution >= 0.6 is 0 Å². The summed E-state index contributed by atoms with van der Waals surface area (Å²) in [5.41, 5.74) is -0.381. The molecule has 1 saturated carbocycles. The van der Waals surface area contributed by atoms with Crippen LogP contribution < -0.4 is 0 Å². The smallest absolute Gasteiger partial charge is 0.326 e. The maximum atomic E-state index is 11.8. The van der Waals surface area contributed by atoms with Crippen molar-refractivity contribution in [3.8, 4) is 0 Å². The number of nitrogens with zero attached hydrogens (tertiary/aromatic N) is 1. The summed E-state index contributed by atoms with van der Waals surface area (Å²) in [6.07, 6.45) is 6.13. The largest absolute Gasteiger partial charge is 0.468 e. The maximum Gasteiger partial charge on any atom is 0.326 e. The molecule has 0 bridgehead atoms. The van der Waals surface area contributed by atoms with Gasteiger partial charge < -0.3 is 4.74 Å². The van der Waals surface area contributed by atoms with Crippen LogP contribution in [0, 0.1) is 5.92 Å². The molecule has 0 aromatic heterocycles. The summed E-state index contributed by atoms with van der Waals surface area (Å²) < 4.78 is 4.93. The second-order valence-corrected chi connectivity index (χ2v) is 5.19. The minimum atomic E-state index is -0.381. The molecule has 0 radical (unpaired) electrons. The zero-order valence-electron chi connectivity index (χ0n) is 9.95. The number of methoxy groups -OCH3 is 1. The number of esters is 1. The van der Waals surface area contributed by atoms with Gasteiger partial charge in [-0.15, -0.1) is 0 Å². The molecule has 0 aromatic rings. The molecule has 0 aromatic carbocycles. The molecular formula is C12H21NO2. The van der Waals surface area contributed by atoms with Crippen LogP contribution in [0.5, 0.6) is 0 Å². The SMILES string of the molecule is COC(=O)[C@]1(C)C[C@@H]2CCCC[C@@H]2N1C. The molecule has 0 amide bonds. The van der Waals surface area contributed by atoms with Crippen LogP contribution in [0.2, 0.25) is 0 Å². The first-order valence-corrected chi connectivity index (χ1v) is 5.91. The van der Waals surface area contributed by atoms with Crippen LogP contribution in [-0.2, 0) is 9.53 Å². The van der Waals surface area contributed by atoms with Crippen molar-refractivity contribution in [3.63, 3.8) is 0 Å². The highest BCUT2D eigenvalue weighted by atomic mass is 16.5. The molecular weight excluding hydrogens is 190 g/mol. The summed E-state index contributed by atoms with van der Waals surface area (Å²) >= 11 is 0. The fourth-order valence-electron chi connectivity index (χ4n) is 3.40. The van der Waals surface area contributed by atoms with Gasteiger partial charge in [-0.1, -0.05) is 12.8 Å². The highest BCUT2D eigenvalue weighted by molar-refractivity contribution is 5.80. The molecule has 1 aliphatic heterocycles. The van der Waals surface area contributed by atoms with Gasteiger partial charge in [0.15, 0.2) is 0 Å². The summed E-state index contributed by atoms with van der Waals surface area (Å²) in [5.74, 6) is 0.632. The summed E-state index contributed by atoms with van der Waals surface area (Å²) in [4.78, 5) is 14.1. The maximum absolute atomic E-state index is 11.8. The number of fused-ring (bicyclic) bond motifs is 1. The molecule has 2 rings (SSSR count). The second kappa shape index (κ2) is 3.78. The fraction of sp³-hybridized carbons (Fsp3) is 0.917. The Morgan fingerprint density at radius 3 is 2.67 bits per heavy atom. The third-order valence-corrected chi connectivity index (χ3v) is 4.43. The Kier molecular flexibility index (Phi) is 2.75. The van der Waals surface area contributed by atoms with Gasteiger partial charge in [-0.2, -0.15) is 0 Å². The topological polar surface area (TPSA) is 29.5 Å². The van der Waals surface area contributed by atoms with Crippen molar-refractivity contribution in [1.29, 1.82) is 0 Å². The van der Waals surface area contributed by atoms with E-state index in [0.29, 0.717) is 12.0 Å². The number of rotatable bonds is 1. The summed E-state index contributed by atoms with van der Waals surface area (Å²) in [5, 5.41) is 0. The third kappa shape index (κ3) is 1.57. The standard InChI is InChI=1S/C12H21NO2/c1-12(11(14)15-3)8-9-6-4-5-7-10(9)13(12)2/h9-10H,4-8H2,1-3H3/t9-,10-,12-/m0/s1. The number of likely N-dealkylation sites (N-methyl/N-ethyl adjacent to an activating group) is 1. The Hall–Kier alpha value is -0.570. The van der Waals surface area contributed by atoms with Gasteiger partial charge in [-0.3, -0.25) is 9.69 Å². The number of ether oxygens (including phenoxy) is 1. The fourth-order valence-corrected chi connectivity index (χ4v) is 3.40. The Morgan fingerprint density at radius 2 is 2.07 bits per heavy atom. The van der Waals surface area contributed by atoms with E-state index in [-0.39, 0.29) is 11.5 Å². The Bertz CT molecular complexity index is 266. The van der Waals surface area contributed by atoms with Gasteiger partial charge in [-0.05, 0) is 39.2 Å². The molecule has 3 nitrogen and oxygen atoms in total. The first-order chi connectivity index (χ1) is 7.09. The van der Waals surface area contributed by atoms with Crippen LogP contribution in [0.25, 0.3) is 0 Å². The minimum absolute atomic E-state index is 0.0700. The Labute approximate surface area is 91.8 Å². The van der Waals surface area contributed by atoms with E-state index in [1.807, 2.05) is 6.92 Å². The lowest BCUT2D eigenvalue weighted by Gasteiger charge is -2.34. The Balaban J connectivity index is 2.19. The predicted octanol–water partition coefficient (Wildman–Crippen LogP) is 1.81. The van der Waals surface area contributed by atoms with Gasteiger partial charge in [0.25, 0.3) is 0 Å². The van der Waals surface area contributed by atoms with Crippen LogP contribution in [0.4, 0.5) is 0 Å². The normalized spacial score (nSPS) is 41.3. The van der Waals surface area contributed by atoms with Gasteiger partial charge in [0.2, 0.25) is 0 Å². The lowest BCUT2D eigenvalue weighted by molar-refractivity contribution is -0.152. The molecule has 0 N–H and O–H groups in total. The molecule has 2 fully saturated rings. The van der Waals surface area contributed by atoms with Crippen molar-refractivity contribution in [2.24, 2.45) is 5.92 Å². The number of hydrogen-bond donors (Lipinski definition) is 0. The molecule has 2 aliphatic rings. The molecule has 86 valence electrons. The molecule has 1 saturated heterocycles. The highest BCUT2D eigenvalue weighted by Gasteiger charge is 2.52. The summed E-state index contributed by atoms with van der Waals surface area (Å²) in [7, 11) is 3.57. The van der Waals surface area contributed by atoms with Crippen molar-refractivity contribution >= 4 is 5.97 Å². The lowest BCUT2D eigenvalue weighted by atomic mass is 9.83. The average Bonchev–Trinajstić information content (AvgIpc) is 2.52. The number of hydrogen-bond acceptors (Lipinski definition) is 3. The monoisotopic (exact) mass is 211 g/mol. The van der Waals surface area contributed by atoms with E-state index >= 15 is 0 Å². The van der Waals surface area contributed by atoms with Crippen molar-refractivity contribution < 1.29 is 9.53 Å². The van der Waals surface area contributed by atoms with E-state index < -0.39 is 0 Å². The van der Waals surface area contributed by atoms with Gasteiger partial charge >= 0.3 is 5.97 Å². The highest BCUT2D eigenvalue weighted by Crippen LogP contribution is 2.44. The van der Waals surface area contributed by atoms with Crippen LogP contribution in [0.3, 0.4) is 0 Å². The predicted molar refractivity (Wildman–Crippen MR) is 58.5 cm³/mol. The van der Waals surface area contributed by atoms with Crippen LogP contribution in [-0.4, -0.2) is 36.6 Å². The van der Waals surface area contributed by atoms with Crippen molar-refractivity contribution in [1.82, 2.24) is 4.90 Å². The molecule has 15 heavy (non-hydrogen) atoms. The van der Waals surface area contributed by atoms with Crippen molar-refractivity contribution in [2.75, 3.05) is 14.2 Å². The van der Waals surface area contributed by atoms with E-state index in [0.717, 1.165) is 6.42 Å². The molecule has 1 aliphatic carbocycles. The zero-order chi connectivity index (χ0) is 11.1. The van der Waals surface area contributed by atoms with E-state index in [1.54, 1.807) is 0 Å². The van der Waals surface area contributed by atoms with E-state index in [2.05, 4.69) is 11.9 Å². The summed E-state index contributed by atoms with van der Waals surface area (Å²) in [6, 6.07) is 0.600. The number of likely N-dealkylation sites (tertiary alicyclic amines) is 1. The molecule has 3 heteroatoms. The third-order valence-electron chi connectivity index (χ3n) is 4.43. The first kappa shape index (κ1) is 10.9. The average molecular weight is 211 g/mol. The first-order valence-electron chi connectivity index (χ1n) is 5.91. The molecule has 1 heterocycles. The molecule has 0 unspecified atom stereocenters. The van der Waals surface area contributed by atoms with Crippen LogP contribution in [0.1, 0.15) is 39.0 Å². The quantitative estimate of drug-likeness (QED) is 0.620. The second-order valence-electron chi connectivity index (χ2n) is 5.19. The van der Waals surface area contributed by atoms with E-state index in [4.69, 9.17) is 4.74 Å². The van der Waals surface area contributed by atoms with Gasteiger partial charge in [0.05, 0.1) is 7.11 Å². The number of carbonyl (C=O) groups excluding carboxylic acids is 1. The zero-order valence-corrected chi connectivity index (χ0v) is 9.95. The van der Waals surface area contributed by atoms with Crippen molar-refractivity contribution in [3.05, 3.63) is 0 Å². The van der Waals surface area contributed by atoms with E-state index in [1.165, 1.54) is 32.8 Å². The summed E-state index contributed by atoms with van der Waals surface area (Å²) in [6.45, 7) is 2.02. The minimum Gasteiger partial charge on any atom is -0.468 e. The molecule has 3 atom stereocenters. The van der Waals surface area contributed by atoms with Gasteiger partial charge in [-0.25, -0.2) is 0 Å². The molecule has 0 spiro atoms. The van der Waals surface area contributed by atoms with E-state index in [9.17, 15) is 4.79 Å². The number of carbonyl (C=O) groups is 1. The van der Waals surface area contributed by atoms with Crippen LogP contribution in [0.15, 0.2) is 0 Å².